The van der Waals surface area contributed by atoms with Crippen molar-refractivity contribution >= 4 is 12.0 Å². The van der Waals surface area contributed by atoms with Gasteiger partial charge in [0.05, 0.1) is 12.0 Å². The number of carbonyl (C=O) groups excluding carboxylic acids is 2. The lowest BCUT2D eigenvalue weighted by Gasteiger charge is -2.32. The van der Waals surface area contributed by atoms with Crippen LogP contribution in [0.5, 0.6) is 0 Å². The molecule has 1 fully saturated rings. The largest absolute Gasteiger partial charge is 0.548 e. The molecule has 1 rings (SSSR count). The number of nitrogens with zero attached hydrogens (tertiary/aromatic N) is 1. The topological polar surface area (TPSA) is 72.5 Å². The number of carboxylic acids is 1. The summed E-state index contributed by atoms with van der Waals surface area (Å²) in [5.74, 6) is -0.362. The molecule has 1 aliphatic rings. The van der Waals surface area contributed by atoms with Gasteiger partial charge in [-0.3, -0.25) is 0 Å². The van der Waals surface area contributed by atoms with Crippen LogP contribution >= 0.6 is 0 Å². The van der Waals surface area contributed by atoms with Crippen molar-refractivity contribution in [2.75, 3.05) is 13.1 Å². The molecule has 0 saturated carbocycles. The minimum absolute atomic E-state index is 0.203. The Bertz CT molecular complexity index is 297. The molecule has 0 aromatic heterocycles. The highest BCUT2D eigenvalue weighted by Gasteiger charge is 2.23. The number of nitrogens with one attached hydrogen (secondary N) is 1. The summed E-state index contributed by atoms with van der Waals surface area (Å²) in [5, 5.41) is 13.5. The molecule has 18 heavy (non-hydrogen) atoms. The molecule has 0 unspecified atom stereocenters. The number of hydrogen-bond acceptors (Lipinski definition) is 3. The quantitative estimate of drug-likeness (QED) is 0.799. The smallest absolute Gasteiger partial charge is 0.317 e. The molecule has 1 saturated heterocycles. The van der Waals surface area contributed by atoms with Crippen LogP contribution in [-0.4, -0.2) is 36.0 Å². The summed E-state index contributed by atoms with van der Waals surface area (Å²) in [6.07, 6.45) is 2.36. The van der Waals surface area contributed by atoms with Crippen LogP contribution < -0.4 is 10.4 Å². The Morgan fingerprint density at radius 3 is 2.33 bits per heavy atom. The first-order valence-corrected chi connectivity index (χ1v) is 6.66. The Morgan fingerprint density at radius 2 is 1.89 bits per heavy atom. The first kappa shape index (κ1) is 14.8. The summed E-state index contributed by atoms with van der Waals surface area (Å²) < 4.78 is 0. The zero-order valence-electron chi connectivity index (χ0n) is 11.4. The minimum Gasteiger partial charge on any atom is -0.548 e. The van der Waals surface area contributed by atoms with Crippen LogP contribution in [0.25, 0.3) is 0 Å². The van der Waals surface area contributed by atoms with E-state index in [-0.39, 0.29) is 11.9 Å². The van der Waals surface area contributed by atoms with Crippen molar-refractivity contribution in [1.29, 1.82) is 0 Å². The maximum absolute atomic E-state index is 11.9. The predicted octanol–water partition coefficient (Wildman–Crippen LogP) is 0.593. The number of carboxylic acid groups (broad SMARTS) is 1. The summed E-state index contributed by atoms with van der Waals surface area (Å²) in [4.78, 5) is 24.6. The lowest BCUT2D eigenvalue weighted by Crippen LogP contribution is -2.53. The molecule has 5 nitrogen and oxygen atoms in total. The second kappa shape index (κ2) is 6.61. The van der Waals surface area contributed by atoms with Crippen LogP contribution in [0.1, 0.15) is 40.0 Å². The maximum atomic E-state index is 11.9. The van der Waals surface area contributed by atoms with E-state index < -0.39 is 12.0 Å². The van der Waals surface area contributed by atoms with Crippen molar-refractivity contribution in [3.05, 3.63) is 0 Å². The molecule has 1 aliphatic heterocycles. The first-order valence-electron chi connectivity index (χ1n) is 6.66. The predicted molar refractivity (Wildman–Crippen MR) is 66.8 cm³/mol. The number of aliphatic carboxylic acids is 1. The number of likely N-dealkylation sites (tertiary alicyclic amines) is 1. The van der Waals surface area contributed by atoms with E-state index in [4.69, 9.17) is 0 Å². The van der Waals surface area contributed by atoms with Crippen LogP contribution in [-0.2, 0) is 4.79 Å². The average molecular weight is 255 g/mol. The molecule has 0 bridgehead atoms. The van der Waals surface area contributed by atoms with E-state index in [0.29, 0.717) is 25.4 Å². The van der Waals surface area contributed by atoms with E-state index in [9.17, 15) is 14.7 Å². The Labute approximate surface area is 109 Å². The van der Waals surface area contributed by atoms with Gasteiger partial charge in [-0.05, 0) is 31.1 Å². The molecule has 0 radical (unpaired) electrons. The number of piperidine rings is 1. The number of amides is 2. The van der Waals surface area contributed by atoms with Crippen LogP contribution in [0.2, 0.25) is 0 Å². The van der Waals surface area contributed by atoms with Gasteiger partial charge in [-0.1, -0.05) is 20.8 Å². The van der Waals surface area contributed by atoms with E-state index in [1.54, 1.807) is 4.90 Å². The summed E-state index contributed by atoms with van der Waals surface area (Å²) in [5.41, 5.74) is 0. The van der Waals surface area contributed by atoms with Crippen molar-refractivity contribution in [3.8, 4) is 0 Å². The summed E-state index contributed by atoms with van der Waals surface area (Å²) >= 11 is 0. The molecule has 5 heteroatoms. The van der Waals surface area contributed by atoms with Gasteiger partial charge in [-0.2, -0.15) is 0 Å². The van der Waals surface area contributed by atoms with Crippen molar-refractivity contribution in [2.45, 2.75) is 46.1 Å². The minimum atomic E-state index is -1.21. The average Bonchev–Trinajstić information content (AvgIpc) is 2.28. The SMILES string of the molecule is CC(C)C[C@@H](NC(=O)N1CCC(C)CC1)C(=O)[O-]. The fourth-order valence-electron chi connectivity index (χ4n) is 2.14. The van der Waals surface area contributed by atoms with Gasteiger partial charge in [0.1, 0.15) is 0 Å². The number of rotatable bonds is 4. The van der Waals surface area contributed by atoms with Gasteiger partial charge in [0.15, 0.2) is 0 Å². The van der Waals surface area contributed by atoms with Gasteiger partial charge >= 0.3 is 6.03 Å². The standard InChI is InChI=1S/C13H24N2O3/c1-9(2)8-11(12(16)17)14-13(18)15-6-4-10(3)5-7-15/h9-11H,4-8H2,1-3H3,(H,14,18)(H,16,17)/p-1/t11-/m1/s1. The second-order valence-corrected chi connectivity index (χ2v) is 5.62. The Morgan fingerprint density at radius 1 is 1.33 bits per heavy atom. The zero-order valence-corrected chi connectivity index (χ0v) is 11.4. The van der Waals surface area contributed by atoms with E-state index in [1.165, 1.54) is 0 Å². The van der Waals surface area contributed by atoms with Crippen molar-refractivity contribution in [1.82, 2.24) is 10.2 Å². The third kappa shape index (κ3) is 4.55. The Hall–Kier alpha value is -1.26. The van der Waals surface area contributed by atoms with Crippen molar-refractivity contribution < 1.29 is 14.7 Å². The number of urea groups is 1. The molecular formula is C13H23N2O3-. The lowest BCUT2D eigenvalue weighted by atomic mass is 9.99. The van der Waals surface area contributed by atoms with Crippen LogP contribution in [0.4, 0.5) is 4.79 Å². The molecule has 1 heterocycles. The first-order chi connectivity index (χ1) is 8.40. The van der Waals surface area contributed by atoms with Gasteiger partial charge < -0.3 is 20.1 Å². The summed E-state index contributed by atoms with van der Waals surface area (Å²) in [6, 6.07) is -1.17. The highest BCUT2D eigenvalue weighted by molar-refractivity contribution is 5.81. The van der Waals surface area contributed by atoms with Crippen molar-refractivity contribution in [2.24, 2.45) is 11.8 Å². The van der Waals surface area contributed by atoms with E-state index in [1.807, 2.05) is 13.8 Å². The fourth-order valence-corrected chi connectivity index (χ4v) is 2.14. The van der Waals surface area contributed by atoms with Crippen molar-refractivity contribution in [3.63, 3.8) is 0 Å². The number of carbonyl (C=O) groups is 2. The summed E-state index contributed by atoms with van der Waals surface area (Å²) in [6.45, 7) is 7.41. The molecule has 0 aromatic rings. The fraction of sp³-hybridized carbons (Fsp3) is 0.846. The molecule has 2 amide bonds. The van der Waals surface area contributed by atoms with Crippen LogP contribution in [0.15, 0.2) is 0 Å². The Balaban J connectivity index is 2.48. The van der Waals surface area contributed by atoms with E-state index in [0.717, 1.165) is 12.8 Å². The molecule has 0 spiro atoms. The van der Waals surface area contributed by atoms with Crippen LogP contribution in [0, 0.1) is 11.8 Å². The van der Waals surface area contributed by atoms with E-state index >= 15 is 0 Å². The second-order valence-electron chi connectivity index (χ2n) is 5.62. The molecule has 104 valence electrons. The zero-order chi connectivity index (χ0) is 13.7. The van der Waals surface area contributed by atoms with Gasteiger partial charge in [0.25, 0.3) is 0 Å². The van der Waals surface area contributed by atoms with Gasteiger partial charge in [-0.25, -0.2) is 4.79 Å². The van der Waals surface area contributed by atoms with Gasteiger partial charge in [-0.15, -0.1) is 0 Å². The normalized spacial score (nSPS) is 18.8. The summed E-state index contributed by atoms with van der Waals surface area (Å²) in [7, 11) is 0. The third-order valence-corrected chi connectivity index (χ3v) is 3.36. The molecular weight excluding hydrogens is 232 g/mol. The van der Waals surface area contributed by atoms with Gasteiger partial charge in [0, 0.05) is 13.1 Å². The highest BCUT2D eigenvalue weighted by atomic mass is 16.4. The number of hydrogen-bond donors (Lipinski definition) is 1. The Kier molecular flexibility index (Phi) is 5.44. The molecule has 1 atom stereocenters. The van der Waals surface area contributed by atoms with Gasteiger partial charge in [0.2, 0.25) is 0 Å². The molecule has 0 aromatic carbocycles. The van der Waals surface area contributed by atoms with Crippen LogP contribution in [0.3, 0.4) is 0 Å². The molecule has 0 aliphatic carbocycles. The molecule has 1 N–H and O–H groups in total. The monoisotopic (exact) mass is 255 g/mol. The highest BCUT2D eigenvalue weighted by Crippen LogP contribution is 2.16. The third-order valence-electron chi connectivity index (χ3n) is 3.36. The lowest BCUT2D eigenvalue weighted by molar-refractivity contribution is -0.308. The maximum Gasteiger partial charge on any atom is 0.317 e. The van der Waals surface area contributed by atoms with E-state index in [2.05, 4.69) is 12.2 Å².